The number of thioether (sulfide) groups is 1. The fraction of sp³-hybridized carbons (Fsp3) is 0.583. The summed E-state index contributed by atoms with van der Waals surface area (Å²) in [6.07, 6.45) is 5.44. The molecular formula is C12H18O2S. The van der Waals surface area contributed by atoms with Crippen LogP contribution in [0.5, 0.6) is 0 Å². The molecule has 0 spiro atoms. The average molecular weight is 226 g/mol. The lowest BCUT2D eigenvalue weighted by atomic mass is 9.86. The van der Waals surface area contributed by atoms with E-state index in [1.165, 1.54) is 18.7 Å². The Morgan fingerprint density at radius 1 is 1.47 bits per heavy atom. The molecule has 15 heavy (non-hydrogen) atoms. The molecule has 0 amide bonds. The molecule has 0 unspecified atom stereocenters. The first-order valence-corrected chi connectivity index (χ1v) is 6.14. The third-order valence-electron chi connectivity index (χ3n) is 3.15. The fourth-order valence-corrected chi connectivity index (χ4v) is 3.07. The van der Waals surface area contributed by atoms with E-state index < -0.39 is 5.60 Å². The maximum atomic E-state index is 10.9. The van der Waals surface area contributed by atoms with Crippen molar-refractivity contribution in [3.05, 3.63) is 25.3 Å². The van der Waals surface area contributed by atoms with Crippen molar-refractivity contribution in [1.82, 2.24) is 0 Å². The Morgan fingerprint density at radius 2 is 1.93 bits per heavy atom. The Labute approximate surface area is 95.4 Å². The van der Waals surface area contributed by atoms with Gasteiger partial charge in [0.2, 0.25) is 0 Å². The lowest BCUT2D eigenvalue weighted by Crippen LogP contribution is -2.41. The fourth-order valence-electron chi connectivity index (χ4n) is 2.21. The molecule has 3 heteroatoms. The van der Waals surface area contributed by atoms with Gasteiger partial charge in [-0.05, 0) is 12.8 Å². The zero-order valence-corrected chi connectivity index (χ0v) is 9.93. The van der Waals surface area contributed by atoms with Crippen molar-refractivity contribution in [3.63, 3.8) is 0 Å². The van der Waals surface area contributed by atoms with Crippen LogP contribution in [0.3, 0.4) is 0 Å². The van der Waals surface area contributed by atoms with Crippen molar-refractivity contribution in [1.29, 1.82) is 0 Å². The zero-order chi connectivity index (χ0) is 11.5. The van der Waals surface area contributed by atoms with E-state index in [0.29, 0.717) is 5.75 Å². The molecule has 2 nitrogen and oxygen atoms in total. The second kappa shape index (κ2) is 4.99. The van der Waals surface area contributed by atoms with Crippen LogP contribution in [-0.2, 0) is 4.79 Å². The van der Waals surface area contributed by atoms with Gasteiger partial charge in [-0.15, -0.1) is 13.2 Å². The van der Waals surface area contributed by atoms with Gasteiger partial charge in [0.25, 0.3) is 0 Å². The molecule has 0 aromatic heterocycles. The van der Waals surface area contributed by atoms with Gasteiger partial charge in [-0.1, -0.05) is 23.9 Å². The lowest BCUT2D eigenvalue weighted by Gasteiger charge is -2.32. The van der Waals surface area contributed by atoms with E-state index in [0.717, 1.165) is 12.8 Å². The number of hydrogen-bond donors (Lipinski definition) is 1. The van der Waals surface area contributed by atoms with Crippen molar-refractivity contribution in [3.8, 4) is 0 Å². The molecule has 0 aromatic carbocycles. The summed E-state index contributed by atoms with van der Waals surface area (Å²) in [5.74, 6) is 0.593. The molecule has 1 rings (SSSR count). The van der Waals surface area contributed by atoms with Crippen molar-refractivity contribution in [2.24, 2.45) is 11.8 Å². The SMILES string of the molecule is C=C[C@H]1CC[C@H](C=C)C1(O)CSC(C)=O. The molecule has 0 aliphatic heterocycles. The largest absolute Gasteiger partial charge is 0.388 e. The van der Waals surface area contributed by atoms with Crippen LogP contribution in [0.4, 0.5) is 0 Å². The second-order valence-corrected chi connectivity index (χ2v) is 5.19. The van der Waals surface area contributed by atoms with E-state index in [1.54, 1.807) is 12.2 Å². The van der Waals surface area contributed by atoms with Gasteiger partial charge in [-0.2, -0.15) is 0 Å². The Hall–Kier alpha value is -0.540. The van der Waals surface area contributed by atoms with Crippen LogP contribution in [0.2, 0.25) is 0 Å². The predicted molar refractivity (Wildman–Crippen MR) is 64.7 cm³/mol. The predicted octanol–water partition coefficient (Wildman–Crippen LogP) is 2.40. The zero-order valence-electron chi connectivity index (χ0n) is 9.11. The Kier molecular flexibility index (Phi) is 4.17. The summed E-state index contributed by atoms with van der Waals surface area (Å²) in [6.45, 7) is 9.01. The molecule has 0 radical (unpaired) electrons. The highest BCUT2D eigenvalue weighted by Crippen LogP contribution is 2.43. The monoisotopic (exact) mass is 226 g/mol. The smallest absolute Gasteiger partial charge is 0.185 e. The van der Waals surface area contributed by atoms with Gasteiger partial charge in [-0.3, -0.25) is 4.79 Å². The van der Waals surface area contributed by atoms with Crippen molar-refractivity contribution in [2.75, 3.05) is 5.75 Å². The summed E-state index contributed by atoms with van der Waals surface area (Å²) in [7, 11) is 0. The third-order valence-corrected chi connectivity index (χ3v) is 4.16. The van der Waals surface area contributed by atoms with Crippen LogP contribution >= 0.6 is 11.8 Å². The number of aliphatic hydroxyl groups is 1. The van der Waals surface area contributed by atoms with E-state index >= 15 is 0 Å². The Morgan fingerprint density at radius 3 is 2.27 bits per heavy atom. The molecule has 1 aliphatic rings. The van der Waals surface area contributed by atoms with Crippen molar-refractivity contribution >= 4 is 16.9 Å². The Balaban J connectivity index is 2.77. The van der Waals surface area contributed by atoms with E-state index in [9.17, 15) is 9.90 Å². The average Bonchev–Trinajstić information content (AvgIpc) is 2.52. The van der Waals surface area contributed by atoms with Gasteiger partial charge in [-0.25, -0.2) is 0 Å². The molecule has 1 N–H and O–H groups in total. The highest BCUT2D eigenvalue weighted by molar-refractivity contribution is 8.13. The lowest BCUT2D eigenvalue weighted by molar-refractivity contribution is -0.109. The Bertz CT molecular complexity index is 257. The van der Waals surface area contributed by atoms with E-state index in [-0.39, 0.29) is 17.0 Å². The number of carbonyl (C=O) groups excluding carboxylic acids is 1. The first-order valence-electron chi connectivity index (χ1n) is 5.15. The summed E-state index contributed by atoms with van der Waals surface area (Å²) < 4.78 is 0. The summed E-state index contributed by atoms with van der Waals surface area (Å²) in [5.41, 5.74) is -0.833. The summed E-state index contributed by atoms with van der Waals surface area (Å²) in [4.78, 5) is 10.9. The van der Waals surface area contributed by atoms with Crippen LogP contribution in [0.1, 0.15) is 19.8 Å². The summed E-state index contributed by atoms with van der Waals surface area (Å²) in [6, 6.07) is 0. The summed E-state index contributed by atoms with van der Waals surface area (Å²) >= 11 is 1.18. The van der Waals surface area contributed by atoms with Crippen LogP contribution in [0.25, 0.3) is 0 Å². The minimum atomic E-state index is -0.833. The first-order chi connectivity index (χ1) is 7.04. The van der Waals surface area contributed by atoms with Gasteiger partial charge < -0.3 is 5.11 Å². The maximum Gasteiger partial charge on any atom is 0.185 e. The molecule has 1 saturated carbocycles. The number of hydrogen-bond acceptors (Lipinski definition) is 3. The van der Waals surface area contributed by atoms with Gasteiger partial charge in [0.15, 0.2) is 5.12 Å². The van der Waals surface area contributed by atoms with Gasteiger partial charge in [0.1, 0.15) is 0 Å². The highest BCUT2D eigenvalue weighted by atomic mass is 32.2. The normalized spacial score (nSPS) is 28.7. The number of rotatable bonds is 4. The van der Waals surface area contributed by atoms with Crippen LogP contribution in [-0.4, -0.2) is 21.6 Å². The molecule has 1 fully saturated rings. The van der Waals surface area contributed by atoms with Gasteiger partial charge in [0, 0.05) is 24.5 Å². The molecule has 2 atom stereocenters. The second-order valence-electron chi connectivity index (χ2n) is 4.03. The number of carbonyl (C=O) groups is 1. The minimum Gasteiger partial charge on any atom is -0.388 e. The first kappa shape index (κ1) is 12.5. The molecular weight excluding hydrogens is 208 g/mol. The molecule has 0 aromatic rings. The third kappa shape index (κ3) is 2.52. The van der Waals surface area contributed by atoms with E-state index in [1.807, 2.05) is 0 Å². The molecule has 1 aliphatic carbocycles. The highest BCUT2D eigenvalue weighted by Gasteiger charge is 2.46. The minimum absolute atomic E-state index is 0.0425. The molecule has 0 bridgehead atoms. The van der Waals surface area contributed by atoms with Crippen molar-refractivity contribution in [2.45, 2.75) is 25.4 Å². The summed E-state index contributed by atoms with van der Waals surface area (Å²) in [5, 5.41) is 10.6. The molecule has 0 saturated heterocycles. The van der Waals surface area contributed by atoms with Crippen LogP contribution in [0.15, 0.2) is 25.3 Å². The molecule has 84 valence electrons. The standard InChI is InChI=1S/C12H18O2S/c1-4-10-6-7-11(5-2)12(10,14)8-15-9(3)13/h4-5,10-11,14H,1-2,6-8H2,3H3/t10-,11-/m0/s1. The van der Waals surface area contributed by atoms with E-state index in [4.69, 9.17) is 0 Å². The molecule has 0 heterocycles. The quantitative estimate of drug-likeness (QED) is 0.748. The van der Waals surface area contributed by atoms with E-state index in [2.05, 4.69) is 13.2 Å². The van der Waals surface area contributed by atoms with Crippen LogP contribution in [0, 0.1) is 11.8 Å². The van der Waals surface area contributed by atoms with Crippen LogP contribution < -0.4 is 0 Å². The maximum absolute atomic E-state index is 10.9. The van der Waals surface area contributed by atoms with Crippen molar-refractivity contribution < 1.29 is 9.90 Å². The van der Waals surface area contributed by atoms with Gasteiger partial charge >= 0.3 is 0 Å². The topological polar surface area (TPSA) is 37.3 Å². The van der Waals surface area contributed by atoms with Gasteiger partial charge in [0.05, 0.1) is 5.60 Å².